The second-order valence-electron chi connectivity index (χ2n) is 6.41. The Bertz CT molecular complexity index is 801. The Morgan fingerprint density at radius 2 is 1.39 bits per heavy atom. The zero-order valence-corrected chi connectivity index (χ0v) is 17.4. The number of aliphatic hydroxyl groups excluding tert-OH is 2. The molecule has 0 bridgehead atoms. The van der Waals surface area contributed by atoms with Gasteiger partial charge in [-0.2, -0.15) is 0 Å². The Hall–Kier alpha value is -3.24. The van der Waals surface area contributed by atoms with E-state index in [0.29, 0.717) is 6.42 Å². The highest BCUT2D eigenvalue weighted by atomic mass is 16.6. The number of carbonyl (C=O) groups is 4. The van der Waals surface area contributed by atoms with Gasteiger partial charge in [0.1, 0.15) is 25.9 Å². The van der Waals surface area contributed by atoms with E-state index in [4.69, 9.17) is 14.2 Å². The summed E-state index contributed by atoms with van der Waals surface area (Å²) in [4.78, 5) is 47.3. The summed E-state index contributed by atoms with van der Waals surface area (Å²) < 4.78 is 19.1. The molecule has 0 fully saturated rings. The van der Waals surface area contributed by atoms with Crippen LogP contribution in [0.3, 0.4) is 0 Å². The van der Waals surface area contributed by atoms with Crippen molar-refractivity contribution in [3.8, 4) is 0 Å². The van der Waals surface area contributed by atoms with Crippen LogP contribution in [0.2, 0.25) is 0 Å². The smallest absolute Gasteiger partial charge is 0.339 e. The zero-order valence-electron chi connectivity index (χ0n) is 17.4. The van der Waals surface area contributed by atoms with Gasteiger partial charge in [-0.05, 0) is 18.6 Å². The van der Waals surface area contributed by atoms with Crippen molar-refractivity contribution < 1.29 is 48.3 Å². The molecule has 1 aromatic rings. The molecule has 10 nitrogen and oxygen atoms in total. The normalized spacial score (nSPS) is 12.3. The lowest BCUT2D eigenvalue weighted by molar-refractivity contribution is -0.148. The Balaban J connectivity index is 2.55. The van der Waals surface area contributed by atoms with Gasteiger partial charge in [0.2, 0.25) is 0 Å². The van der Waals surface area contributed by atoms with Crippen molar-refractivity contribution in [2.75, 3.05) is 26.9 Å². The third kappa shape index (κ3) is 8.97. The van der Waals surface area contributed by atoms with Crippen LogP contribution in [0.4, 0.5) is 0 Å². The predicted octanol–water partition coefficient (Wildman–Crippen LogP) is 0.794. The van der Waals surface area contributed by atoms with Gasteiger partial charge in [0.25, 0.3) is 0 Å². The van der Waals surface area contributed by atoms with E-state index in [1.165, 1.54) is 24.3 Å². The molecule has 170 valence electrons. The number of carbonyl (C=O) groups excluding carboxylic acids is 4. The summed E-state index contributed by atoms with van der Waals surface area (Å²) in [5.74, 6) is -3.27. The lowest BCUT2D eigenvalue weighted by atomic mass is 10.1. The van der Waals surface area contributed by atoms with Crippen molar-refractivity contribution in [2.45, 2.75) is 32.0 Å². The highest BCUT2D eigenvalue weighted by Crippen LogP contribution is 2.13. The number of rotatable bonds is 12. The van der Waals surface area contributed by atoms with Crippen LogP contribution in [0.1, 0.15) is 40.5 Å². The van der Waals surface area contributed by atoms with Crippen LogP contribution >= 0.6 is 0 Å². The number of benzene rings is 1. The molecule has 0 saturated heterocycles. The summed E-state index contributed by atoms with van der Waals surface area (Å²) in [6.07, 6.45) is -2.17. The van der Waals surface area contributed by atoms with Gasteiger partial charge in [-0.25, -0.2) is 14.4 Å². The largest absolute Gasteiger partial charge is 0.466 e. The van der Waals surface area contributed by atoms with E-state index < -0.39 is 55.7 Å². The summed E-state index contributed by atoms with van der Waals surface area (Å²) in [5, 5.41) is 19.3. The summed E-state index contributed by atoms with van der Waals surface area (Å²) in [5.41, 5.74) is -0.251. The molecule has 10 heteroatoms. The van der Waals surface area contributed by atoms with Crippen LogP contribution in [-0.4, -0.2) is 73.2 Å². The molecule has 31 heavy (non-hydrogen) atoms. The van der Waals surface area contributed by atoms with E-state index in [1.807, 2.05) is 0 Å². The van der Waals surface area contributed by atoms with Crippen molar-refractivity contribution >= 4 is 23.9 Å². The molecule has 0 aromatic heterocycles. The quantitative estimate of drug-likeness (QED) is 0.273. The van der Waals surface area contributed by atoms with E-state index in [2.05, 4.69) is 11.3 Å². The van der Waals surface area contributed by atoms with Gasteiger partial charge in [-0.15, -0.1) is 0 Å². The Morgan fingerprint density at radius 3 is 1.87 bits per heavy atom. The zero-order chi connectivity index (χ0) is 23.4. The summed E-state index contributed by atoms with van der Waals surface area (Å²) in [6, 6.07) is 5.75. The average molecular weight is 438 g/mol. The van der Waals surface area contributed by atoms with Crippen LogP contribution in [0.25, 0.3) is 0 Å². The lowest BCUT2D eigenvalue weighted by Crippen LogP contribution is -2.26. The van der Waals surface area contributed by atoms with Crippen molar-refractivity contribution in [3.05, 3.63) is 47.5 Å². The first-order valence-corrected chi connectivity index (χ1v) is 9.40. The molecule has 0 spiro atoms. The second-order valence-corrected chi connectivity index (χ2v) is 6.41. The topological polar surface area (TPSA) is 146 Å². The standard InChI is InChI=1S/C21H26O10/c1-4-14(22)10-30-20(26)16-7-5-6-8-17(16)21(27)31-12-15(23)11-29-18(24)9-13(2)19(25)28-3/h5-8,14-15,22-23H,2,4,9-12H2,1,3H3. The molecule has 0 aliphatic rings. The monoisotopic (exact) mass is 438 g/mol. The van der Waals surface area contributed by atoms with Gasteiger partial charge < -0.3 is 29.2 Å². The number of ether oxygens (including phenoxy) is 4. The molecular formula is C21H26O10. The first-order valence-electron chi connectivity index (χ1n) is 9.40. The summed E-state index contributed by atoms with van der Waals surface area (Å²) in [7, 11) is 1.14. The van der Waals surface area contributed by atoms with Crippen molar-refractivity contribution in [1.29, 1.82) is 0 Å². The third-order valence-corrected chi connectivity index (χ3v) is 3.92. The predicted molar refractivity (Wildman–Crippen MR) is 106 cm³/mol. The summed E-state index contributed by atoms with van der Waals surface area (Å²) in [6.45, 7) is 3.88. The van der Waals surface area contributed by atoms with Gasteiger partial charge in [-0.1, -0.05) is 25.6 Å². The maximum absolute atomic E-state index is 12.3. The molecule has 2 atom stereocenters. The molecule has 2 N–H and O–H groups in total. The molecule has 2 unspecified atom stereocenters. The Labute approximate surface area is 179 Å². The number of hydrogen-bond donors (Lipinski definition) is 2. The molecule has 0 heterocycles. The number of hydrogen-bond acceptors (Lipinski definition) is 10. The van der Waals surface area contributed by atoms with Crippen LogP contribution in [0.5, 0.6) is 0 Å². The molecule has 0 aliphatic carbocycles. The average Bonchev–Trinajstić information content (AvgIpc) is 2.78. The molecule has 1 rings (SSSR count). The Morgan fingerprint density at radius 1 is 0.903 bits per heavy atom. The van der Waals surface area contributed by atoms with E-state index >= 15 is 0 Å². The minimum Gasteiger partial charge on any atom is -0.466 e. The highest BCUT2D eigenvalue weighted by Gasteiger charge is 2.21. The minimum absolute atomic E-state index is 0.0574. The van der Waals surface area contributed by atoms with Gasteiger partial charge >= 0.3 is 23.9 Å². The molecule has 0 aliphatic heterocycles. The fraction of sp³-hybridized carbons (Fsp3) is 0.429. The fourth-order valence-electron chi connectivity index (χ4n) is 2.14. The maximum atomic E-state index is 12.3. The van der Waals surface area contributed by atoms with Crippen LogP contribution in [0.15, 0.2) is 36.4 Å². The number of esters is 4. The summed E-state index contributed by atoms with van der Waals surface area (Å²) >= 11 is 0. The molecule has 0 saturated carbocycles. The second kappa shape index (κ2) is 13.1. The third-order valence-electron chi connectivity index (χ3n) is 3.92. The highest BCUT2D eigenvalue weighted by molar-refractivity contribution is 6.03. The van der Waals surface area contributed by atoms with Crippen LogP contribution in [-0.2, 0) is 28.5 Å². The van der Waals surface area contributed by atoms with Gasteiger partial charge in [0.15, 0.2) is 0 Å². The first-order chi connectivity index (χ1) is 14.7. The molecule has 0 radical (unpaired) electrons. The maximum Gasteiger partial charge on any atom is 0.339 e. The molecule has 0 amide bonds. The van der Waals surface area contributed by atoms with E-state index in [1.54, 1.807) is 6.92 Å². The fourth-order valence-corrected chi connectivity index (χ4v) is 2.14. The van der Waals surface area contributed by atoms with Crippen molar-refractivity contribution in [2.24, 2.45) is 0 Å². The minimum atomic E-state index is -1.34. The van der Waals surface area contributed by atoms with Gasteiger partial charge in [0.05, 0.1) is 30.8 Å². The SMILES string of the molecule is C=C(CC(=O)OCC(O)COC(=O)c1ccccc1C(=O)OCC(O)CC)C(=O)OC. The van der Waals surface area contributed by atoms with E-state index in [0.717, 1.165) is 7.11 Å². The lowest BCUT2D eigenvalue weighted by Gasteiger charge is -2.14. The first kappa shape index (κ1) is 25.8. The van der Waals surface area contributed by atoms with Gasteiger partial charge in [0, 0.05) is 5.57 Å². The van der Waals surface area contributed by atoms with Crippen LogP contribution in [0, 0.1) is 0 Å². The Kier molecular flexibility index (Phi) is 10.9. The molecular weight excluding hydrogens is 412 g/mol. The number of aliphatic hydroxyl groups is 2. The number of methoxy groups -OCH3 is 1. The van der Waals surface area contributed by atoms with Crippen LogP contribution < -0.4 is 0 Å². The van der Waals surface area contributed by atoms with Gasteiger partial charge in [-0.3, -0.25) is 4.79 Å². The van der Waals surface area contributed by atoms with E-state index in [9.17, 15) is 29.4 Å². The van der Waals surface area contributed by atoms with Crippen molar-refractivity contribution in [3.63, 3.8) is 0 Å². The van der Waals surface area contributed by atoms with Crippen molar-refractivity contribution in [1.82, 2.24) is 0 Å². The molecule has 1 aromatic carbocycles. The van der Waals surface area contributed by atoms with E-state index in [-0.39, 0.29) is 23.3 Å².